The first-order valence-corrected chi connectivity index (χ1v) is 9.04. The Morgan fingerprint density at radius 2 is 2.24 bits per heavy atom. The lowest BCUT2D eigenvalue weighted by atomic mass is 10.3. The highest BCUT2D eigenvalue weighted by atomic mass is 35.5. The van der Waals surface area contributed by atoms with Crippen LogP contribution in [0.5, 0.6) is 0 Å². The highest BCUT2D eigenvalue weighted by Gasteiger charge is 2.09. The zero-order chi connectivity index (χ0) is 15.2. The molecule has 0 aliphatic rings. The van der Waals surface area contributed by atoms with E-state index in [0.717, 1.165) is 15.0 Å². The molecule has 0 aliphatic carbocycles. The number of aromatic nitrogens is 1. The Morgan fingerprint density at radius 1 is 1.43 bits per heavy atom. The van der Waals surface area contributed by atoms with Gasteiger partial charge in [-0.05, 0) is 12.1 Å². The molecule has 0 unspecified atom stereocenters. The second kappa shape index (κ2) is 7.79. The summed E-state index contributed by atoms with van der Waals surface area (Å²) in [5.41, 5.74) is 0.448. The van der Waals surface area contributed by atoms with E-state index in [0.29, 0.717) is 16.6 Å². The van der Waals surface area contributed by atoms with E-state index >= 15 is 0 Å². The van der Waals surface area contributed by atoms with Gasteiger partial charge in [0.25, 0.3) is 0 Å². The van der Waals surface area contributed by atoms with Gasteiger partial charge in [-0.1, -0.05) is 11.6 Å². The number of carboxylic acids is 1. The normalized spacial score (nSPS) is 10.5. The van der Waals surface area contributed by atoms with Crippen LogP contribution in [0.1, 0.15) is 10.6 Å². The number of carbonyl (C=O) groups is 2. The fourth-order valence-corrected chi connectivity index (χ4v) is 4.18. The number of thiazole rings is 1. The van der Waals surface area contributed by atoms with Gasteiger partial charge < -0.3 is 10.4 Å². The molecule has 5 nitrogen and oxygen atoms in total. The molecule has 0 radical (unpaired) electrons. The van der Waals surface area contributed by atoms with Gasteiger partial charge in [-0.25, -0.2) is 4.98 Å². The lowest BCUT2D eigenvalue weighted by Gasteiger charge is -2.00. The van der Waals surface area contributed by atoms with Crippen LogP contribution >= 0.6 is 46.0 Å². The third-order valence-electron chi connectivity index (χ3n) is 2.24. The van der Waals surface area contributed by atoms with Crippen molar-refractivity contribution < 1.29 is 14.7 Å². The fraction of sp³-hybridized carbons (Fsp3) is 0.250. The number of halogens is 1. The molecule has 21 heavy (non-hydrogen) atoms. The molecular formula is C12H11ClN2O3S3. The third-order valence-corrected chi connectivity index (χ3v) is 5.44. The topological polar surface area (TPSA) is 79.3 Å². The zero-order valence-corrected chi connectivity index (χ0v) is 13.9. The molecule has 0 saturated heterocycles. The van der Waals surface area contributed by atoms with E-state index in [-0.39, 0.29) is 12.3 Å². The van der Waals surface area contributed by atoms with Gasteiger partial charge in [-0.3, -0.25) is 9.59 Å². The van der Waals surface area contributed by atoms with Crippen molar-refractivity contribution in [1.82, 2.24) is 4.98 Å². The maximum absolute atomic E-state index is 11.7. The number of nitrogens with zero attached hydrogens (tertiary/aromatic N) is 1. The second-order valence-corrected chi connectivity index (χ2v) is 7.60. The SMILES string of the molecule is O=C(O)Cc1csc(NC(=O)CSCc2ccc(Cl)s2)n1. The number of aliphatic carboxylic acids is 1. The molecule has 9 heteroatoms. The van der Waals surface area contributed by atoms with Crippen molar-refractivity contribution in [2.45, 2.75) is 12.2 Å². The standard InChI is InChI=1S/C12H11ClN2O3S3/c13-9-2-1-8(21-9)5-19-6-10(16)15-12-14-7(4-20-12)3-11(17)18/h1-2,4H,3,5-6H2,(H,17,18)(H,14,15,16). The van der Waals surface area contributed by atoms with Crippen LogP contribution < -0.4 is 5.32 Å². The summed E-state index contributed by atoms with van der Waals surface area (Å²) in [6.45, 7) is 0. The maximum Gasteiger partial charge on any atom is 0.309 e. The molecule has 1 amide bonds. The molecule has 2 N–H and O–H groups in total. The van der Waals surface area contributed by atoms with E-state index in [2.05, 4.69) is 10.3 Å². The Hall–Kier alpha value is -1.09. The molecule has 2 rings (SSSR count). The van der Waals surface area contributed by atoms with Crippen LogP contribution in [-0.2, 0) is 21.8 Å². The highest BCUT2D eigenvalue weighted by molar-refractivity contribution is 7.99. The molecule has 2 aromatic rings. The molecule has 0 bridgehead atoms. The number of anilines is 1. The lowest BCUT2D eigenvalue weighted by Crippen LogP contribution is -2.14. The summed E-state index contributed by atoms with van der Waals surface area (Å²) in [7, 11) is 0. The van der Waals surface area contributed by atoms with E-state index in [1.54, 1.807) is 5.38 Å². The van der Waals surface area contributed by atoms with Crippen LogP contribution in [-0.4, -0.2) is 27.7 Å². The van der Waals surface area contributed by atoms with Crippen molar-refractivity contribution in [2.24, 2.45) is 0 Å². The first-order valence-electron chi connectivity index (χ1n) is 5.81. The Kier molecular flexibility index (Phi) is 6.04. The molecule has 2 heterocycles. The summed E-state index contributed by atoms with van der Waals surface area (Å²) in [5.74, 6) is -0.0572. The van der Waals surface area contributed by atoms with Gasteiger partial charge in [0.15, 0.2) is 5.13 Å². The number of carbonyl (C=O) groups excluding carboxylic acids is 1. The van der Waals surface area contributed by atoms with Crippen LogP contribution in [0.15, 0.2) is 17.5 Å². The summed E-state index contributed by atoms with van der Waals surface area (Å²) in [6, 6.07) is 3.78. The predicted molar refractivity (Wildman–Crippen MR) is 87.6 cm³/mol. The van der Waals surface area contributed by atoms with E-state index < -0.39 is 5.97 Å². The molecule has 0 spiro atoms. The number of rotatable bonds is 7. The summed E-state index contributed by atoms with van der Waals surface area (Å²) in [5, 5.41) is 13.4. The van der Waals surface area contributed by atoms with Crippen LogP contribution in [0.25, 0.3) is 0 Å². The third kappa shape index (κ3) is 5.66. The van der Waals surface area contributed by atoms with Crippen molar-refractivity contribution in [3.63, 3.8) is 0 Å². The first-order chi connectivity index (χ1) is 10.0. The molecule has 0 fully saturated rings. The van der Waals surface area contributed by atoms with Gasteiger partial charge in [0.1, 0.15) is 0 Å². The van der Waals surface area contributed by atoms with Gasteiger partial charge in [0, 0.05) is 16.0 Å². The van der Waals surface area contributed by atoms with Crippen LogP contribution in [0.4, 0.5) is 5.13 Å². The summed E-state index contributed by atoms with van der Waals surface area (Å²) < 4.78 is 0.740. The van der Waals surface area contributed by atoms with Crippen LogP contribution in [0.3, 0.4) is 0 Å². The zero-order valence-electron chi connectivity index (χ0n) is 10.7. The number of thioether (sulfide) groups is 1. The van der Waals surface area contributed by atoms with Crippen molar-refractivity contribution in [3.8, 4) is 0 Å². The minimum absolute atomic E-state index is 0.139. The van der Waals surface area contributed by atoms with Gasteiger partial charge >= 0.3 is 5.97 Å². The number of nitrogens with one attached hydrogen (secondary N) is 1. The van der Waals surface area contributed by atoms with Gasteiger partial charge in [0.05, 0.1) is 22.2 Å². The summed E-state index contributed by atoms with van der Waals surface area (Å²) in [4.78, 5) is 27.4. The van der Waals surface area contributed by atoms with Crippen molar-refractivity contribution in [2.75, 3.05) is 11.1 Å². The largest absolute Gasteiger partial charge is 0.481 e. The van der Waals surface area contributed by atoms with Gasteiger partial charge in [-0.2, -0.15) is 0 Å². The smallest absolute Gasteiger partial charge is 0.309 e. The molecule has 0 atom stereocenters. The highest BCUT2D eigenvalue weighted by Crippen LogP contribution is 2.25. The van der Waals surface area contributed by atoms with E-state index in [1.807, 2.05) is 12.1 Å². The Morgan fingerprint density at radius 3 is 2.90 bits per heavy atom. The van der Waals surface area contributed by atoms with E-state index in [9.17, 15) is 9.59 Å². The summed E-state index contributed by atoms with van der Waals surface area (Å²) >= 11 is 10.0. The predicted octanol–water partition coefficient (Wildman–Crippen LogP) is 3.36. The van der Waals surface area contributed by atoms with Gasteiger partial charge in [-0.15, -0.1) is 34.4 Å². The quantitative estimate of drug-likeness (QED) is 0.789. The van der Waals surface area contributed by atoms with Crippen LogP contribution in [0.2, 0.25) is 4.34 Å². The molecule has 0 aromatic carbocycles. The fourth-order valence-electron chi connectivity index (χ4n) is 1.43. The number of hydrogen-bond donors (Lipinski definition) is 2. The molecule has 0 saturated carbocycles. The minimum atomic E-state index is -0.941. The Labute approximate surface area is 138 Å². The summed E-state index contributed by atoms with van der Waals surface area (Å²) in [6.07, 6.45) is -0.139. The average Bonchev–Trinajstić information content (AvgIpc) is 2.98. The second-order valence-electron chi connectivity index (χ2n) is 3.96. The van der Waals surface area contributed by atoms with E-state index in [1.165, 1.54) is 34.4 Å². The molecule has 2 aromatic heterocycles. The number of hydrogen-bond acceptors (Lipinski definition) is 6. The van der Waals surface area contributed by atoms with Crippen molar-refractivity contribution in [3.05, 3.63) is 32.4 Å². The number of thiophene rings is 1. The number of amides is 1. The lowest BCUT2D eigenvalue weighted by molar-refractivity contribution is -0.136. The minimum Gasteiger partial charge on any atom is -0.481 e. The average molecular weight is 363 g/mol. The Balaban J connectivity index is 1.74. The van der Waals surface area contributed by atoms with Crippen LogP contribution in [0, 0.1) is 0 Å². The van der Waals surface area contributed by atoms with Crippen molar-refractivity contribution >= 4 is 63.0 Å². The van der Waals surface area contributed by atoms with E-state index in [4.69, 9.17) is 16.7 Å². The van der Waals surface area contributed by atoms with Crippen molar-refractivity contribution in [1.29, 1.82) is 0 Å². The Bertz CT molecular complexity index is 641. The molecule has 0 aliphatic heterocycles. The first kappa shape index (κ1) is 16.3. The molecular weight excluding hydrogens is 352 g/mol. The van der Waals surface area contributed by atoms with Gasteiger partial charge in [0.2, 0.25) is 5.91 Å². The number of carboxylic acid groups (broad SMARTS) is 1. The molecule has 112 valence electrons. The maximum atomic E-state index is 11.7. The monoisotopic (exact) mass is 362 g/mol.